The number of anilines is 1. The summed E-state index contributed by atoms with van der Waals surface area (Å²) in [6, 6.07) is 12.8. The number of amides is 2. The van der Waals surface area contributed by atoms with Gasteiger partial charge in [0.2, 0.25) is 5.91 Å². The molecule has 2 aromatic carbocycles. The van der Waals surface area contributed by atoms with E-state index in [1.807, 2.05) is 25.1 Å². The lowest BCUT2D eigenvalue weighted by atomic mass is 10.1. The van der Waals surface area contributed by atoms with Gasteiger partial charge in [0, 0.05) is 37.3 Å². The monoisotopic (exact) mass is 354 g/mol. The lowest BCUT2D eigenvalue weighted by Gasteiger charge is -2.24. The molecule has 0 radical (unpaired) electrons. The summed E-state index contributed by atoms with van der Waals surface area (Å²) in [6.45, 7) is 5.20. The van der Waals surface area contributed by atoms with Gasteiger partial charge in [0.15, 0.2) is 11.5 Å². The van der Waals surface area contributed by atoms with Crippen LogP contribution in [0.1, 0.15) is 22.8 Å². The molecule has 0 aliphatic carbocycles. The predicted molar refractivity (Wildman–Crippen MR) is 99.0 cm³/mol. The number of ether oxygens (including phenoxy) is 2. The molecule has 1 N–H and O–H groups in total. The zero-order valence-electron chi connectivity index (χ0n) is 15.0. The maximum absolute atomic E-state index is 12.2. The summed E-state index contributed by atoms with van der Waals surface area (Å²) in [6.07, 6.45) is 0. The first-order valence-electron chi connectivity index (χ1n) is 8.57. The fourth-order valence-corrected chi connectivity index (χ4v) is 2.76. The second kappa shape index (κ2) is 7.91. The molecule has 1 aliphatic rings. The van der Waals surface area contributed by atoms with E-state index in [1.165, 1.54) is 6.92 Å². The second-order valence-corrected chi connectivity index (χ2v) is 6.12. The molecule has 0 bridgehead atoms. The molecule has 1 heterocycles. The normalized spacial score (nSPS) is 12.4. The van der Waals surface area contributed by atoms with Crippen LogP contribution in [0.15, 0.2) is 42.5 Å². The molecule has 0 spiro atoms. The third-order valence-corrected chi connectivity index (χ3v) is 4.15. The SMILES string of the molecule is CC(=O)N(CCNC(=O)c1ccc(C)cc1)c1ccc2c(c1)OCCO2. The van der Waals surface area contributed by atoms with Crippen molar-refractivity contribution in [3.63, 3.8) is 0 Å². The van der Waals surface area contributed by atoms with Gasteiger partial charge >= 0.3 is 0 Å². The largest absolute Gasteiger partial charge is 0.486 e. The van der Waals surface area contributed by atoms with E-state index in [2.05, 4.69) is 5.32 Å². The van der Waals surface area contributed by atoms with E-state index in [4.69, 9.17) is 9.47 Å². The second-order valence-electron chi connectivity index (χ2n) is 6.12. The van der Waals surface area contributed by atoms with E-state index < -0.39 is 0 Å². The molecule has 0 unspecified atom stereocenters. The summed E-state index contributed by atoms with van der Waals surface area (Å²) >= 11 is 0. The topological polar surface area (TPSA) is 67.9 Å². The molecule has 136 valence electrons. The van der Waals surface area contributed by atoms with Gasteiger partial charge in [-0.05, 0) is 31.2 Å². The molecule has 1 aliphatic heterocycles. The van der Waals surface area contributed by atoms with Crippen molar-refractivity contribution >= 4 is 17.5 Å². The Balaban J connectivity index is 1.63. The van der Waals surface area contributed by atoms with Crippen molar-refractivity contribution in [3.05, 3.63) is 53.6 Å². The van der Waals surface area contributed by atoms with E-state index in [0.717, 1.165) is 5.56 Å². The molecule has 0 saturated carbocycles. The van der Waals surface area contributed by atoms with Crippen molar-refractivity contribution in [2.75, 3.05) is 31.2 Å². The van der Waals surface area contributed by atoms with Gasteiger partial charge in [-0.15, -0.1) is 0 Å². The number of rotatable bonds is 5. The number of nitrogens with zero attached hydrogens (tertiary/aromatic N) is 1. The molecular formula is C20H22N2O4. The first-order valence-corrected chi connectivity index (χ1v) is 8.57. The van der Waals surface area contributed by atoms with E-state index in [1.54, 1.807) is 29.2 Å². The Labute approximate surface area is 152 Å². The Kier molecular flexibility index (Phi) is 5.41. The van der Waals surface area contributed by atoms with Gasteiger partial charge in [-0.25, -0.2) is 0 Å². The zero-order chi connectivity index (χ0) is 18.5. The average Bonchev–Trinajstić information content (AvgIpc) is 2.65. The highest BCUT2D eigenvalue weighted by molar-refractivity contribution is 5.94. The van der Waals surface area contributed by atoms with Crippen LogP contribution < -0.4 is 19.7 Å². The molecular weight excluding hydrogens is 332 g/mol. The van der Waals surface area contributed by atoms with Gasteiger partial charge in [0.05, 0.1) is 0 Å². The fraction of sp³-hybridized carbons (Fsp3) is 0.300. The molecule has 2 aromatic rings. The Morgan fingerprint density at radius 3 is 2.42 bits per heavy atom. The summed E-state index contributed by atoms with van der Waals surface area (Å²) in [5, 5.41) is 2.85. The van der Waals surface area contributed by atoms with Crippen molar-refractivity contribution in [3.8, 4) is 11.5 Å². The summed E-state index contributed by atoms with van der Waals surface area (Å²) in [5.41, 5.74) is 2.42. The van der Waals surface area contributed by atoms with Gasteiger partial charge in [0.25, 0.3) is 5.91 Å². The number of fused-ring (bicyclic) bond motifs is 1. The maximum Gasteiger partial charge on any atom is 0.251 e. The van der Waals surface area contributed by atoms with Crippen LogP contribution in [-0.4, -0.2) is 38.1 Å². The van der Waals surface area contributed by atoms with E-state index >= 15 is 0 Å². The van der Waals surface area contributed by atoms with Crippen molar-refractivity contribution in [2.45, 2.75) is 13.8 Å². The quantitative estimate of drug-likeness (QED) is 0.896. The minimum absolute atomic E-state index is 0.105. The highest BCUT2D eigenvalue weighted by Crippen LogP contribution is 2.33. The third kappa shape index (κ3) is 4.14. The van der Waals surface area contributed by atoms with Crippen molar-refractivity contribution in [1.82, 2.24) is 5.32 Å². The van der Waals surface area contributed by atoms with Crippen LogP contribution in [0.5, 0.6) is 11.5 Å². The van der Waals surface area contributed by atoms with Crippen LogP contribution in [0, 0.1) is 6.92 Å². The summed E-state index contributed by atoms with van der Waals surface area (Å²) < 4.78 is 11.1. The smallest absolute Gasteiger partial charge is 0.251 e. The van der Waals surface area contributed by atoms with E-state index in [0.29, 0.717) is 49.1 Å². The van der Waals surface area contributed by atoms with Crippen LogP contribution in [0.2, 0.25) is 0 Å². The summed E-state index contributed by atoms with van der Waals surface area (Å²) in [4.78, 5) is 25.8. The fourth-order valence-electron chi connectivity index (χ4n) is 2.76. The lowest BCUT2D eigenvalue weighted by molar-refractivity contribution is -0.116. The Bertz CT molecular complexity index is 802. The van der Waals surface area contributed by atoms with E-state index in [9.17, 15) is 9.59 Å². The maximum atomic E-state index is 12.2. The van der Waals surface area contributed by atoms with E-state index in [-0.39, 0.29) is 11.8 Å². The predicted octanol–water partition coefficient (Wildman–Crippen LogP) is 2.55. The Hall–Kier alpha value is -3.02. The number of nitrogens with one attached hydrogen (secondary N) is 1. The summed E-state index contributed by atoms with van der Waals surface area (Å²) in [7, 11) is 0. The lowest BCUT2D eigenvalue weighted by Crippen LogP contribution is -2.37. The Morgan fingerprint density at radius 1 is 1.04 bits per heavy atom. The standard InChI is InChI=1S/C20H22N2O4/c1-14-3-5-16(6-4-14)20(24)21-9-10-22(15(2)23)17-7-8-18-19(13-17)26-12-11-25-18/h3-8,13H,9-12H2,1-2H3,(H,21,24). The zero-order valence-corrected chi connectivity index (χ0v) is 15.0. The molecule has 26 heavy (non-hydrogen) atoms. The van der Waals surface area contributed by atoms with Crippen LogP contribution in [-0.2, 0) is 4.79 Å². The first-order chi connectivity index (χ1) is 12.5. The van der Waals surface area contributed by atoms with Crippen molar-refractivity contribution in [1.29, 1.82) is 0 Å². The average molecular weight is 354 g/mol. The number of aryl methyl sites for hydroxylation is 1. The van der Waals surface area contributed by atoms with Gasteiger partial charge in [-0.3, -0.25) is 9.59 Å². The molecule has 6 heteroatoms. The minimum atomic E-state index is -0.157. The molecule has 3 rings (SSSR count). The first kappa shape index (κ1) is 17.8. The molecule has 0 saturated heterocycles. The van der Waals surface area contributed by atoms with Crippen molar-refractivity contribution in [2.24, 2.45) is 0 Å². The van der Waals surface area contributed by atoms with Crippen LogP contribution in [0.3, 0.4) is 0 Å². The molecule has 6 nitrogen and oxygen atoms in total. The molecule has 0 fully saturated rings. The highest BCUT2D eigenvalue weighted by Gasteiger charge is 2.17. The van der Waals surface area contributed by atoms with Crippen molar-refractivity contribution < 1.29 is 19.1 Å². The third-order valence-electron chi connectivity index (χ3n) is 4.15. The number of carbonyl (C=O) groups excluding carboxylic acids is 2. The highest BCUT2D eigenvalue weighted by atomic mass is 16.6. The summed E-state index contributed by atoms with van der Waals surface area (Å²) in [5.74, 6) is 1.04. The van der Waals surface area contributed by atoms with Crippen LogP contribution in [0.25, 0.3) is 0 Å². The minimum Gasteiger partial charge on any atom is -0.486 e. The van der Waals surface area contributed by atoms with Gasteiger partial charge in [-0.2, -0.15) is 0 Å². The molecule has 0 atom stereocenters. The Morgan fingerprint density at radius 2 is 1.73 bits per heavy atom. The number of carbonyl (C=O) groups is 2. The molecule has 0 aromatic heterocycles. The van der Waals surface area contributed by atoms with Gasteiger partial charge in [0.1, 0.15) is 13.2 Å². The number of hydrogen-bond acceptors (Lipinski definition) is 4. The van der Waals surface area contributed by atoms with Crippen LogP contribution >= 0.6 is 0 Å². The molecule has 2 amide bonds. The number of hydrogen-bond donors (Lipinski definition) is 1. The van der Waals surface area contributed by atoms with Crippen LogP contribution in [0.4, 0.5) is 5.69 Å². The van der Waals surface area contributed by atoms with Gasteiger partial charge in [-0.1, -0.05) is 17.7 Å². The van der Waals surface area contributed by atoms with Gasteiger partial charge < -0.3 is 19.7 Å². The number of benzene rings is 2.